The van der Waals surface area contributed by atoms with Crippen LogP contribution < -0.4 is 11.3 Å². The van der Waals surface area contributed by atoms with E-state index in [4.69, 9.17) is 5.73 Å². The number of nitrogens with one attached hydrogen (secondary N) is 1. The highest BCUT2D eigenvalue weighted by molar-refractivity contribution is 5.22. The molecule has 0 spiro atoms. The van der Waals surface area contributed by atoms with Crippen molar-refractivity contribution >= 4 is 0 Å². The Morgan fingerprint density at radius 1 is 1.62 bits per heavy atom. The molecule has 4 N–H and O–H groups in total. The van der Waals surface area contributed by atoms with Gasteiger partial charge in [0.2, 0.25) is 5.88 Å². The monoisotopic (exact) mass is 183 g/mol. The van der Waals surface area contributed by atoms with Gasteiger partial charge in [-0.15, -0.1) is 0 Å². The van der Waals surface area contributed by atoms with Gasteiger partial charge in [-0.3, -0.25) is 4.79 Å². The van der Waals surface area contributed by atoms with Gasteiger partial charge in [-0.05, 0) is 26.3 Å². The molecule has 0 aliphatic heterocycles. The summed E-state index contributed by atoms with van der Waals surface area (Å²) in [6.07, 6.45) is 1.13. The van der Waals surface area contributed by atoms with Gasteiger partial charge in [-0.2, -0.15) is 0 Å². The maximum atomic E-state index is 11.3. The predicted molar refractivity (Wildman–Crippen MR) is 48.6 cm³/mol. The van der Waals surface area contributed by atoms with E-state index in [0.717, 1.165) is 0 Å². The average Bonchev–Trinajstić information content (AvgIpc) is 2.02. The molecule has 1 rings (SSSR count). The van der Waals surface area contributed by atoms with Crippen molar-refractivity contribution in [1.29, 1.82) is 0 Å². The highest BCUT2D eigenvalue weighted by Crippen LogP contribution is 2.09. The van der Waals surface area contributed by atoms with Gasteiger partial charge in [0, 0.05) is 0 Å². The van der Waals surface area contributed by atoms with Gasteiger partial charge in [-0.25, -0.2) is 4.98 Å². The second kappa shape index (κ2) is 4.04. The van der Waals surface area contributed by atoms with Crippen LogP contribution in [-0.2, 0) is 6.42 Å². The van der Waals surface area contributed by atoms with Crippen LogP contribution in [0.2, 0.25) is 0 Å². The van der Waals surface area contributed by atoms with Crippen LogP contribution in [0.4, 0.5) is 0 Å². The molecule has 1 aromatic heterocycles. The third-order valence-corrected chi connectivity index (χ3v) is 1.74. The summed E-state index contributed by atoms with van der Waals surface area (Å²) in [5.41, 5.74) is 5.33. The summed E-state index contributed by atoms with van der Waals surface area (Å²) in [5.74, 6) is 0.230. The number of H-pyrrole nitrogens is 1. The number of aromatic amines is 1. The minimum atomic E-state index is -0.279. The normalized spacial score (nSPS) is 10.3. The fourth-order valence-electron chi connectivity index (χ4n) is 1.10. The maximum absolute atomic E-state index is 11.3. The van der Waals surface area contributed by atoms with Crippen LogP contribution in [-0.4, -0.2) is 21.6 Å². The third-order valence-electron chi connectivity index (χ3n) is 1.74. The zero-order chi connectivity index (χ0) is 9.84. The number of rotatable bonds is 3. The number of aromatic hydroxyl groups is 1. The first-order valence-corrected chi connectivity index (χ1v) is 4.14. The van der Waals surface area contributed by atoms with E-state index in [1.54, 1.807) is 6.92 Å². The van der Waals surface area contributed by atoms with Gasteiger partial charge in [-0.1, -0.05) is 0 Å². The first-order chi connectivity index (χ1) is 6.15. The SMILES string of the molecule is Cc1nc(O)c(CCCN)c(=O)[nH]1. The molecule has 0 bridgehead atoms. The topological polar surface area (TPSA) is 92.0 Å². The molecule has 0 amide bonds. The standard InChI is InChI=1S/C8H13N3O2/c1-5-10-7(12)6(3-2-4-9)8(13)11-5/h2-4,9H2,1H3,(H2,10,11,12,13). The Bertz CT molecular complexity index is 346. The Morgan fingerprint density at radius 3 is 2.85 bits per heavy atom. The summed E-state index contributed by atoms with van der Waals surface area (Å²) in [7, 11) is 0. The molecule has 0 unspecified atom stereocenters. The van der Waals surface area contributed by atoms with Gasteiger partial charge in [0.25, 0.3) is 5.56 Å². The number of hydrogen-bond donors (Lipinski definition) is 3. The van der Waals surface area contributed by atoms with Crippen molar-refractivity contribution in [1.82, 2.24) is 9.97 Å². The van der Waals surface area contributed by atoms with Gasteiger partial charge in [0.15, 0.2) is 0 Å². The van der Waals surface area contributed by atoms with E-state index in [1.165, 1.54) is 0 Å². The first kappa shape index (κ1) is 9.73. The quantitative estimate of drug-likeness (QED) is 0.598. The molecule has 0 saturated carbocycles. The third kappa shape index (κ3) is 2.29. The molecule has 1 aromatic rings. The summed E-state index contributed by atoms with van der Waals surface area (Å²) < 4.78 is 0. The van der Waals surface area contributed by atoms with Crippen molar-refractivity contribution < 1.29 is 5.11 Å². The lowest BCUT2D eigenvalue weighted by Crippen LogP contribution is -2.16. The minimum Gasteiger partial charge on any atom is -0.493 e. The average molecular weight is 183 g/mol. The minimum absolute atomic E-state index is 0.185. The highest BCUT2D eigenvalue weighted by atomic mass is 16.3. The molecule has 5 nitrogen and oxygen atoms in total. The largest absolute Gasteiger partial charge is 0.493 e. The Labute approximate surface area is 75.6 Å². The van der Waals surface area contributed by atoms with Gasteiger partial charge in [0.05, 0.1) is 5.56 Å². The summed E-state index contributed by atoms with van der Waals surface area (Å²) in [4.78, 5) is 17.5. The number of aryl methyl sites for hydroxylation is 1. The summed E-state index contributed by atoms with van der Waals surface area (Å²) >= 11 is 0. The Hall–Kier alpha value is -1.36. The lowest BCUT2D eigenvalue weighted by molar-refractivity contribution is 0.440. The maximum Gasteiger partial charge on any atom is 0.257 e. The fourth-order valence-corrected chi connectivity index (χ4v) is 1.10. The molecular formula is C8H13N3O2. The first-order valence-electron chi connectivity index (χ1n) is 4.14. The van der Waals surface area contributed by atoms with Crippen LogP contribution in [0.3, 0.4) is 0 Å². The molecule has 0 aliphatic rings. The molecule has 13 heavy (non-hydrogen) atoms. The zero-order valence-electron chi connectivity index (χ0n) is 7.50. The van der Waals surface area contributed by atoms with Crippen molar-refractivity contribution in [2.24, 2.45) is 5.73 Å². The van der Waals surface area contributed by atoms with E-state index in [-0.39, 0.29) is 11.4 Å². The summed E-state index contributed by atoms with van der Waals surface area (Å²) in [6, 6.07) is 0. The number of nitrogens with zero attached hydrogens (tertiary/aromatic N) is 1. The lowest BCUT2D eigenvalue weighted by Gasteiger charge is -2.01. The van der Waals surface area contributed by atoms with E-state index < -0.39 is 0 Å². The zero-order valence-corrected chi connectivity index (χ0v) is 7.50. The van der Waals surface area contributed by atoms with Crippen molar-refractivity contribution in [3.05, 3.63) is 21.7 Å². The van der Waals surface area contributed by atoms with E-state index in [1.807, 2.05) is 0 Å². The van der Waals surface area contributed by atoms with E-state index >= 15 is 0 Å². The van der Waals surface area contributed by atoms with Gasteiger partial charge < -0.3 is 15.8 Å². The van der Waals surface area contributed by atoms with E-state index in [9.17, 15) is 9.90 Å². The van der Waals surface area contributed by atoms with Crippen LogP contribution in [0.1, 0.15) is 17.8 Å². The summed E-state index contributed by atoms with van der Waals surface area (Å²) in [6.45, 7) is 2.11. The van der Waals surface area contributed by atoms with Crippen molar-refractivity contribution in [2.45, 2.75) is 19.8 Å². The number of nitrogens with two attached hydrogens (primary N) is 1. The second-order valence-electron chi connectivity index (χ2n) is 2.85. The molecule has 0 aromatic carbocycles. The van der Waals surface area contributed by atoms with Crippen LogP contribution in [0, 0.1) is 6.92 Å². The molecule has 0 radical (unpaired) electrons. The van der Waals surface area contributed by atoms with Crippen molar-refractivity contribution in [3.8, 4) is 5.88 Å². The molecular weight excluding hydrogens is 170 g/mol. The molecule has 0 aliphatic carbocycles. The number of aromatic nitrogens is 2. The molecule has 0 fully saturated rings. The van der Waals surface area contributed by atoms with Crippen LogP contribution in [0.15, 0.2) is 4.79 Å². The van der Waals surface area contributed by atoms with Crippen LogP contribution in [0.25, 0.3) is 0 Å². The molecule has 72 valence electrons. The highest BCUT2D eigenvalue weighted by Gasteiger charge is 2.07. The fraction of sp³-hybridized carbons (Fsp3) is 0.500. The van der Waals surface area contributed by atoms with E-state index in [2.05, 4.69) is 9.97 Å². The van der Waals surface area contributed by atoms with Gasteiger partial charge in [0.1, 0.15) is 5.82 Å². The smallest absolute Gasteiger partial charge is 0.257 e. The Balaban J connectivity index is 2.99. The molecule has 0 saturated heterocycles. The van der Waals surface area contributed by atoms with Crippen molar-refractivity contribution in [2.75, 3.05) is 6.54 Å². The molecule has 5 heteroatoms. The van der Waals surface area contributed by atoms with Gasteiger partial charge >= 0.3 is 0 Å². The molecule has 0 atom stereocenters. The second-order valence-corrected chi connectivity index (χ2v) is 2.85. The lowest BCUT2D eigenvalue weighted by atomic mass is 10.2. The van der Waals surface area contributed by atoms with Crippen molar-refractivity contribution in [3.63, 3.8) is 0 Å². The summed E-state index contributed by atoms with van der Waals surface area (Å²) in [5, 5.41) is 9.33. The van der Waals surface area contributed by atoms with Crippen LogP contribution in [0.5, 0.6) is 5.88 Å². The number of hydrogen-bond acceptors (Lipinski definition) is 4. The Morgan fingerprint density at radius 2 is 2.31 bits per heavy atom. The molecule has 1 heterocycles. The predicted octanol–water partition coefficient (Wildman–Crippen LogP) is -0.325. The Kier molecular flexibility index (Phi) is 3.02. The van der Waals surface area contributed by atoms with E-state index in [0.29, 0.717) is 30.8 Å². The van der Waals surface area contributed by atoms with Crippen LogP contribution >= 0.6 is 0 Å².